The number of alkyl halides is 1. The minimum Gasteiger partial charge on any atom is -0.351 e. The molecule has 1 atom stereocenters. The topological polar surface area (TPSA) is 29.1 Å². The summed E-state index contributed by atoms with van der Waals surface area (Å²) < 4.78 is 0. The maximum absolute atomic E-state index is 11.9. The number of nitrogens with one attached hydrogen (secondary N) is 1. The lowest BCUT2D eigenvalue weighted by atomic mass is 9.94. The predicted molar refractivity (Wildman–Crippen MR) is 71.8 cm³/mol. The number of carbonyl (C=O) groups is 1. The smallest absolute Gasteiger partial charge is 0.220 e. The molecule has 0 spiro atoms. The fourth-order valence-electron chi connectivity index (χ4n) is 2.40. The van der Waals surface area contributed by atoms with E-state index in [4.69, 9.17) is 0 Å². The van der Waals surface area contributed by atoms with Gasteiger partial charge < -0.3 is 5.32 Å². The van der Waals surface area contributed by atoms with Gasteiger partial charge in [-0.1, -0.05) is 35.7 Å². The Labute approximate surface area is 108 Å². The Kier molecular flexibility index (Phi) is 5.81. The highest BCUT2D eigenvalue weighted by molar-refractivity contribution is 9.09. The van der Waals surface area contributed by atoms with Crippen molar-refractivity contribution in [3.8, 4) is 0 Å². The van der Waals surface area contributed by atoms with Crippen LogP contribution in [0.25, 0.3) is 0 Å². The van der Waals surface area contributed by atoms with Gasteiger partial charge in [-0.15, -0.1) is 0 Å². The Bertz CT molecular complexity index is 226. The molecule has 0 aromatic rings. The molecule has 16 heavy (non-hydrogen) atoms. The van der Waals surface area contributed by atoms with Gasteiger partial charge >= 0.3 is 0 Å². The third kappa shape index (κ3) is 4.44. The lowest BCUT2D eigenvalue weighted by Crippen LogP contribution is -2.46. The third-order valence-electron chi connectivity index (χ3n) is 3.82. The van der Waals surface area contributed by atoms with E-state index >= 15 is 0 Å². The van der Waals surface area contributed by atoms with Crippen LogP contribution in [0.15, 0.2) is 0 Å². The second-order valence-corrected chi connectivity index (χ2v) is 6.05. The number of hydrogen-bond acceptors (Lipinski definition) is 1. The normalized spacial score (nSPS) is 20.7. The first-order chi connectivity index (χ1) is 7.59. The van der Waals surface area contributed by atoms with Crippen molar-refractivity contribution in [2.75, 3.05) is 5.33 Å². The minimum absolute atomic E-state index is 0.0286. The van der Waals surface area contributed by atoms with Gasteiger partial charge in [0.25, 0.3) is 0 Å². The zero-order valence-electron chi connectivity index (χ0n) is 10.5. The predicted octanol–water partition coefficient (Wildman–Crippen LogP) is 3.64. The molecule has 0 heterocycles. The summed E-state index contributed by atoms with van der Waals surface area (Å²) in [6.45, 7) is 4.28. The summed E-state index contributed by atoms with van der Waals surface area (Å²) in [6.07, 6.45) is 7.84. The zero-order valence-corrected chi connectivity index (χ0v) is 12.1. The summed E-state index contributed by atoms with van der Waals surface area (Å²) in [5, 5.41) is 4.15. The van der Waals surface area contributed by atoms with Crippen molar-refractivity contribution >= 4 is 21.8 Å². The van der Waals surface area contributed by atoms with Crippen LogP contribution in [-0.4, -0.2) is 16.8 Å². The molecule has 1 saturated carbocycles. The molecular formula is C13H24BrNO. The minimum atomic E-state index is -0.0286. The maximum Gasteiger partial charge on any atom is 0.220 e. The highest BCUT2D eigenvalue weighted by atomic mass is 79.9. The fourth-order valence-corrected chi connectivity index (χ4v) is 3.28. The van der Waals surface area contributed by atoms with Gasteiger partial charge in [-0.2, -0.15) is 0 Å². The molecular weight excluding hydrogens is 266 g/mol. The monoisotopic (exact) mass is 289 g/mol. The van der Waals surface area contributed by atoms with E-state index in [0.29, 0.717) is 5.92 Å². The Morgan fingerprint density at radius 3 is 2.56 bits per heavy atom. The summed E-state index contributed by atoms with van der Waals surface area (Å²) in [6, 6.07) is 0. The maximum atomic E-state index is 11.9. The number of carbonyl (C=O) groups excluding carboxylic acids is 1. The van der Waals surface area contributed by atoms with Crippen LogP contribution in [0.3, 0.4) is 0 Å². The lowest BCUT2D eigenvalue weighted by molar-refractivity contribution is -0.123. The van der Waals surface area contributed by atoms with Crippen molar-refractivity contribution in [2.45, 2.75) is 64.3 Å². The van der Waals surface area contributed by atoms with E-state index in [1.807, 2.05) is 0 Å². The molecule has 0 saturated heterocycles. The molecule has 1 rings (SSSR count). The van der Waals surface area contributed by atoms with E-state index in [9.17, 15) is 4.79 Å². The van der Waals surface area contributed by atoms with E-state index in [-0.39, 0.29) is 11.4 Å². The summed E-state index contributed by atoms with van der Waals surface area (Å²) in [4.78, 5) is 11.9. The molecule has 0 aliphatic heterocycles. The Morgan fingerprint density at radius 2 is 2.06 bits per heavy atom. The SMILES string of the molecule is CCC(C)(CCBr)NC(=O)CC1CCCC1. The molecule has 0 bridgehead atoms. The number of rotatable bonds is 6. The Morgan fingerprint density at radius 1 is 1.44 bits per heavy atom. The first kappa shape index (κ1) is 14.0. The van der Waals surface area contributed by atoms with Crippen molar-refractivity contribution in [1.29, 1.82) is 0 Å². The van der Waals surface area contributed by atoms with Crippen molar-refractivity contribution in [1.82, 2.24) is 5.32 Å². The fraction of sp³-hybridized carbons (Fsp3) is 0.923. The molecule has 1 aliphatic rings. The average Bonchev–Trinajstić information content (AvgIpc) is 2.70. The summed E-state index contributed by atoms with van der Waals surface area (Å²) >= 11 is 3.45. The van der Waals surface area contributed by atoms with Gasteiger partial charge in [0, 0.05) is 17.3 Å². The van der Waals surface area contributed by atoms with Gasteiger partial charge in [-0.3, -0.25) is 4.79 Å². The highest BCUT2D eigenvalue weighted by Crippen LogP contribution is 2.27. The van der Waals surface area contributed by atoms with Gasteiger partial charge in [-0.05, 0) is 38.5 Å². The summed E-state index contributed by atoms with van der Waals surface area (Å²) in [7, 11) is 0. The second kappa shape index (κ2) is 6.63. The van der Waals surface area contributed by atoms with Crippen LogP contribution in [0.2, 0.25) is 0 Å². The van der Waals surface area contributed by atoms with Crippen LogP contribution in [0, 0.1) is 5.92 Å². The van der Waals surface area contributed by atoms with Crippen molar-refractivity contribution in [3.05, 3.63) is 0 Å². The molecule has 1 fully saturated rings. The average molecular weight is 290 g/mol. The third-order valence-corrected chi connectivity index (χ3v) is 4.21. The Balaban J connectivity index is 2.35. The standard InChI is InChI=1S/C13H24BrNO/c1-3-13(2,8-9-14)15-12(16)10-11-6-4-5-7-11/h11H,3-10H2,1-2H3,(H,15,16). The molecule has 1 N–H and O–H groups in total. The van der Waals surface area contributed by atoms with Crippen LogP contribution in [0.4, 0.5) is 0 Å². The van der Waals surface area contributed by atoms with Gasteiger partial charge in [0.2, 0.25) is 5.91 Å². The van der Waals surface area contributed by atoms with E-state index in [1.54, 1.807) is 0 Å². The second-order valence-electron chi connectivity index (χ2n) is 5.26. The van der Waals surface area contributed by atoms with Gasteiger partial charge in [0.15, 0.2) is 0 Å². The molecule has 2 nitrogen and oxygen atoms in total. The van der Waals surface area contributed by atoms with Gasteiger partial charge in [0.05, 0.1) is 0 Å². The first-order valence-electron chi connectivity index (χ1n) is 6.46. The van der Waals surface area contributed by atoms with Crippen molar-refractivity contribution < 1.29 is 4.79 Å². The molecule has 0 radical (unpaired) electrons. The van der Waals surface area contributed by atoms with E-state index in [1.165, 1.54) is 25.7 Å². The van der Waals surface area contributed by atoms with E-state index < -0.39 is 0 Å². The molecule has 0 aromatic heterocycles. The van der Waals surface area contributed by atoms with Crippen LogP contribution in [0.1, 0.15) is 58.8 Å². The summed E-state index contributed by atoms with van der Waals surface area (Å²) in [5.74, 6) is 0.891. The van der Waals surface area contributed by atoms with Crippen LogP contribution in [-0.2, 0) is 4.79 Å². The quantitative estimate of drug-likeness (QED) is 0.743. The van der Waals surface area contributed by atoms with Crippen molar-refractivity contribution in [2.24, 2.45) is 5.92 Å². The number of halogens is 1. The summed E-state index contributed by atoms with van der Waals surface area (Å²) in [5.41, 5.74) is -0.0286. The molecule has 94 valence electrons. The zero-order chi connectivity index (χ0) is 12.0. The molecule has 3 heteroatoms. The van der Waals surface area contributed by atoms with E-state index in [2.05, 4.69) is 35.1 Å². The van der Waals surface area contributed by atoms with Crippen LogP contribution >= 0.6 is 15.9 Å². The largest absolute Gasteiger partial charge is 0.351 e. The Hall–Kier alpha value is -0.0500. The molecule has 1 aliphatic carbocycles. The molecule has 1 amide bonds. The molecule has 1 unspecified atom stereocenters. The number of amides is 1. The van der Waals surface area contributed by atoms with Gasteiger partial charge in [-0.25, -0.2) is 0 Å². The van der Waals surface area contributed by atoms with Crippen LogP contribution in [0.5, 0.6) is 0 Å². The first-order valence-corrected chi connectivity index (χ1v) is 7.59. The van der Waals surface area contributed by atoms with Crippen LogP contribution < -0.4 is 5.32 Å². The highest BCUT2D eigenvalue weighted by Gasteiger charge is 2.25. The van der Waals surface area contributed by atoms with Crippen molar-refractivity contribution in [3.63, 3.8) is 0 Å². The lowest BCUT2D eigenvalue weighted by Gasteiger charge is -2.29. The number of hydrogen-bond donors (Lipinski definition) is 1. The van der Waals surface area contributed by atoms with Gasteiger partial charge in [0.1, 0.15) is 0 Å². The molecule has 0 aromatic carbocycles. The van der Waals surface area contributed by atoms with E-state index in [0.717, 1.165) is 24.6 Å².